The maximum Gasteiger partial charge on any atom is 0.336 e. The van der Waals surface area contributed by atoms with Crippen molar-refractivity contribution >= 4 is 20.9 Å². The van der Waals surface area contributed by atoms with E-state index in [0.29, 0.717) is 10.9 Å². The van der Waals surface area contributed by atoms with Crippen LogP contribution in [0.2, 0.25) is 0 Å². The molecule has 6 heteroatoms. The lowest BCUT2D eigenvalue weighted by Gasteiger charge is -2.06. The quantitative estimate of drug-likeness (QED) is 0.715. The average Bonchev–Trinajstić information content (AvgIpc) is 2.83. The highest BCUT2D eigenvalue weighted by molar-refractivity contribution is 7.90. The number of hydrogen-bond acceptors (Lipinski definition) is 4. The highest BCUT2D eigenvalue weighted by Gasteiger charge is 2.18. The molecule has 0 saturated carbocycles. The van der Waals surface area contributed by atoms with Gasteiger partial charge in [-0.15, -0.1) is 0 Å². The molecule has 0 aliphatic rings. The zero-order valence-corrected chi connectivity index (χ0v) is 10.5. The van der Waals surface area contributed by atoms with Gasteiger partial charge in [-0.25, -0.2) is 17.2 Å². The van der Waals surface area contributed by atoms with Gasteiger partial charge in [0.15, 0.2) is 0 Å². The van der Waals surface area contributed by atoms with Crippen LogP contribution < -0.4 is 5.63 Å². The molecule has 0 aliphatic carbocycles. The van der Waals surface area contributed by atoms with E-state index in [4.69, 9.17) is 4.42 Å². The summed E-state index contributed by atoms with van der Waals surface area (Å²) in [6, 6.07) is 10.9. The summed E-state index contributed by atoms with van der Waals surface area (Å²) in [6.07, 6.45) is 2.56. The molecule has 19 heavy (non-hydrogen) atoms. The van der Waals surface area contributed by atoms with Crippen molar-refractivity contribution in [3.63, 3.8) is 0 Å². The number of nitrogens with zero attached hydrogens (tertiary/aromatic N) is 1. The normalized spacial score (nSPS) is 11.8. The first-order valence-electron chi connectivity index (χ1n) is 5.49. The first kappa shape index (κ1) is 11.7. The highest BCUT2D eigenvalue weighted by atomic mass is 32.2. The molecule has 96 valence electrons. The van der Waals surface area contributed by atoms with Gasteiger partial charge < -0.3 is 4.42 Å². The molecule has 0 radical (unpaired) electrons. The summed E-state index contributed by atoms with van der Waals surface area (Å²) in [5.74, 6) is 0. The summed E-state index contributed by atoms with van der Waals surface area (Å²) in [4.78, 5) is 11.3. The smallest absolute Gasteiger partial charge is 0.336 e. The number of hydrogen-bond donors (Lipinski definition) is 0. The zero-order chi connectivity index (χ0) is 13.5. The van der Waals surface area contributed by atoms with Crippen LogP contribution in [0.4, 0.5) is 0 Å². The van der Waals surface area contributed by atoms with Gasteiger partial charge in [0.1, 0.15) is 6.26 Å². The fourth-order valence-electron chi connectivity index (χ4n) is 1.87. The number of aromatic nitrogens is 1. The van der Waals surface area contributed by atoms with Gasteiger partial charge in [-0.1, -0.05) is 18.2 Å². The molecule has 0 bridgehead atoms. The van der Waals surface area contributed by atoms with E-state index in [1.54, 1.807) is 24.3 Å². The van der Waals surface area contributed by atoms with E-state index in [-0.39, 0.29) is 4.90 Å². The van der Waals surface area contributed by atoms with Crippen LogP contribution in [-0.4, -0.2) is 12.4 Å². The molecule has 0 amide bonds. The third-order valence-electron chi connectivity index (χ3n) is 2.78. The van der Waals surface area contributed by atoms with Crippen molar-refractivity contribution < 1.29 is 12.8 Å². The monoisotopic (exact) mass is 275 g/mol. The van der Waals surface area contributed by atoms with Gasteiger partial charge >= 0.3 is 5.63 Å². The summed E-state index contributed by atoms with van der Waals surface area (Å²) >= 11 is 0. The minimum Gasteiger partial charge on any atom is -0.429 e. The van der Waals surface area contributed by atoms with Crippen LogP contribution in [0.1, 0.15) is 0 Å². The van der Waals surface area contributed by atoms with E-state index in [1.165, 1.54) is 24.4 Å². The Morgan fingerprint density at radius 2 is 1.79 bits per heavy atom. The van der Waals surface area contributed by atoms with Gasteiger partial charge in [-0.05, 0) is 18.2 Å². The molecule has 0 aliphatic heterocycles. The molecule has 0 saturated heterocycles. The van der Waals surface area contributed by atoms with Gasteiger partial charge in [0.25, 0.3) is 10.0 Å². The lowest BCUT2D eigenvalue weighted by atomic mass is 10.3. The Morgan fingerprint density at radius 1 is 1.05 bits per heavy atom. The summed E-state index contributed by atoms with van der Waals surface area (Å²) in [5.41, 5.74) is -0.175. The van der Waals surface area contributed by atoms with E-state index >= 15 is 0 Å². The van der Waals surface area contributed by atoms with Crippen LogP contribution in [0.3, 0.4) is 0 Å². The van der Waals surface area contributed by atoms with E-state index < -0.39 is 15.6 Å². The minimum absolute atomic E-state index is 0.179. The van der Waals surface area contributed by atoms with Crippen molar-refractivity contribution in [2.45, 2.75) is 4.90 Å². The van der Waals surface area contributed by atoms with Crippen molar-refractivity contribution in [3.05, 3.63) is 65.3 Å². The van der Waals surface area contributed by atoms with Crippen LogP contribution >= 0.6 is 0 Å². The molecular formula is C13H9NO4S. The van der Waals surface area contributed by atoms with Gasteiger partial charge in [-0.3, -0.25) is 0 Å². The van der Waals surface area contributed by atoms with Crippen molar-refractivity contribution in [1.29, 1.82) is 0 Å². The molecule has 0 fully saturated rings. The second-order valence-electron chi connectivity index (χ2n) is 3.97. The minimum atomic E-state index is -3.68. The third-order valence-corrected chi connectivity index (χ3v) is 4.49. The zero-order valence-electron chi connectivity index (χ0n) is 9.68. The number of benzene rings is 1. The van der Waals surface area contributed by atoms with Crippen molar-refractivity contribution in [2.24, 2.45) is 0 Å². The van der Waals surface area contributed by atoms with Crippen molar-refractivity contribution in [2.75, 3.05) is 0 Å². The predicted octanol–water partition coefficient (Wildman–Crippen LogP) is 1.83. The Bertz CT molecular complexity index is 891. The molecule has 2 aromatic heterocycles. The summed E-state index contributed by atoms with van der Waals surface area (Å²) in [5, 5.41) is 0.524. The fraction of sp³-hybridized carbons (Fsp3) is 0. The Kier molecular flexibility index (Phi) is 2.53. The van der Waals surface area contributed by atoms with Gasteiger partial charge in [0.2, 0.25) is 0 Å². The van der Waals surface area contributed by atoms with Crippen LogP contribution in [0.25, 0.3) is 10.9 Å². The standard InChI is InChI=1S/C13H9NO4S/c15-13-8-10-6-7-14(12(10)9-18-13)19(16,17)11-4-2-1-3-5-11/h1-9H. The predicted molar refractivity (Wildman–Crippen MR) is 69.5 cm³/mol. The van der Waals surface area contributed by atoms with E-state index in [9.17, 15) is 13.2 Å². The third kappa shape index (κ3) is 1.86. The highest BCUT2D eigenvalue weighted by Crippen LogP contribution is 2.20. The number of rotatable bonds is 2. The lowest BCUT2D eigenvalue weighted by Crippen LogP contribution is -2.11. The van der Waals surface area contributed by atoms with Crippen LogP contribution in [-0.2, 0) is 10.0 Å². The second-order valence-corrected chi connectivity index (χ2v) is 5.78. The molecule has 0 N–H and O–H groups in total. The molecular weight excluding hydrogens is 266 g/mol. The van der Waals surface area contributed by atoms with Gasteiger partial charge in [0, 0.05) is 17.6 Å². The van der Waals surface area contributed by atoms with Gasteiger partial charge in [-0.2, -0.15) is 0 Å². The molecule has 0 atom stereocenters. The molecule has 0 unspecified atom stereocenters. The Hall–Kier alpha value is -2.34. The maximum absolute atomic E-state index is 12.4. The fourth-order valence-corrected chi connectivity index (χ4v) is 3.23. The van der Waals surface area contributed by atoms with Crippen LogP contribution in [0.15, 0.2) is 69.0 Å². The van der Waals surface area contributed by atoms with E-state index in [2.05, 4.69) is 0 Å². The summed E-state index contributed by atoms with van der Waals surface area (Å²) in [6.45, 7) is 0. The van der Waals surface area contributed by atoms with E-state index in [1.807, 2.05) is 0 Å². The lowest BCUT2D eigenvalue weighted by molar-refractivity contribution is 0.516. The maximum atomic E-state index is 12.4. The van der Waals surface area contributed by atoms with E-state index in [0.717, 1.165) is 10.2 Å². The van der Waals surface area contributed by atoms with Gasteiger partial charge in [0.05, 0.1) is 10.4 Å². The second kappa shape index (κ2) is 4.10. The first-order chi connectivity index (χ1) is 9.09. The SMILES string of the molecule is O=c1cc2ccn(S(=O)(=O)c3ccccc3)c2co1. The molecule has 0 spiro atoms. The largest absolute Gasteiger partial charge is 0.429 e. The molecule has 3 rings (SSSR count). The van der Waals surface area contributed by atoms with Crippen molar-refractivity contribution in [1.82, 2.24) is 3.97 Å². The topological polar surface area (TPSA) is 69.3 Å². The first-order valence-corrected chi connectivity index (χ1v) is 6.93. The Morgan fingerprint density at radius 3 is 2.53 bits per heavy atom. The molecule has 2 heterocycles. The Balaban J connectivity index is 2.28. The summed E-state index contributed by atoms with van der Waals surface area (Å²) in [7, 11) is -3.68. The molecule has 1 aromatic carbocycles. The molecule has 5 nitrogen and oxygen atoms in total. The van der Waals surface area contributed by atoms with Crippen molar-refractivity contribution in [3.8, 4) is 0 Å². The number of fused-ring (bicyclic) bond motifs is 1. The average molecular weight is 275 g/mol. The van der Waals surface area contributed by atoms with Crippen LogP contribution in [0.5, 0.6) is 0 Å². The molecule has 3 aromatic rings. The summed E-state index contributed by atoms with van der Waals surface area (Å²) < 4.78 is 30.7. The van der Waals surface area contributed by atoms with Crippen LogP contribution in [0, 0.1) is 0 Å². The Labute approximate surface area is 108 Å².